The Morgan fingerprint density at radius 2 is 1.65 bits per heavy atom. The molecule has 116 valence electrons. The number of piperidine rings is 1. The molecule has 20 heavy (non-hydrogen) atoms. The normalized spacial score (nSPS) is 32.5. The highest BCUT2D eigenvalue weighted by atomic mass is 15.2. The number of likely N-dealkylation sites (N-methyl/N-ethyl adjacent to an activating group) is 1. The maximum Gasteiger partial charge on any atom is 0.0334 e. The van der Waals surface area contributed by atoms with Crippen molar-refractivity contribution >= 4 is 0 Å². The van der Waals surface area contributed by atoms with Crippen LogP contribution in [0.5, 0.6) is 0 Å². The van der Waals surface area contributed by atoms with Gasteiger partial charge >= 0.3 is 0 Å². The van der Waals surface area contributed by atoms with Gasteiger partial charge in [-0.15, -0.1) is 0 Å². The second-order valence-corrected chi connectivity index (χ2v) is 7.46. The van der Waals surface area contributed by atoms with Gasteiger partial charge in [-0.05, 0) is 58.8 Å². The molecule has 3 nitrogen and oxygen atoms in total. The predicted molar refractivity (Wildman–Crippen MR) is 85.1 cm³/mol. The third-order valence-corrected chi connectivity index (χ3v) is 5.92. The maximum atomic E-state index is 3.94. The molecule has 0 aromatic rings. The second-order valence-electron chi connectivity index (χ2n) is 7.46. The van der Waals surface area contributed by atoms with Crippen molar-refractivity contribution in [3.05, 3.63) is 0 Å². The van der Waals surface area contributed by atoms with Gasteiger partial charge in [0.15, 0.2) is 0 Å². The van der Waals surface area contributed by atoms with Crippen molar-refractivity contribution < 1.29 is 0 Å². The summed E-state index contributed by atoms with van der Waals surface area (Å²) in [5, 5.41) is 3.94. The fraction of sp³-hybridized carbons (Fsp3) is 1.00. The van der Waals surface area contributed by atoms with E-state index in [0.29, 0.717) is 5.54 Å². The summed E-state index contributed by atoms with van der Waals surface area (Å²) in [5.74, 6) is 0. The van der Waals surface area contributed by atoms with Crippen LogP contribution in [0.4, 0.5) is 0 Å². The lowest BCUT2D eigenvalue weighted by Crippen LogP contribution is -2.58. The lowest BCUT2D eigenvalue weighted by molar-refractivity contribution is 0.0316. The van der Waals surface area contributed by atoms with Gasteiger partial charge in [0.2, 0.25) is 0 Å². The van der Waals surface area contributed by atoms with Gasteiger partial charge in [0.1, 0.15) is 0 Å². The van der Waals surface area contributed by atoms with Gasteiger partial charge < -0.3 is 10.2 Å². The molecule has 3 rings (SSSR count). The smallest absolute Gasteiger partial charge is 0.0334 e. The summed E-state index contributed by atoms with van der Waals surface area (Å²) in [6, 6.07) is 0.739. The van der Waals surface area contributed by atoms with Gasteiger partial charge in [0.05, 0.1) is 0 Å². The monoisotopic (exact) mass is 279 g/mol. The number of hydrogen-bond acceptors (Lipinski definition) is 3. The van der Waals surface area contributed by atoms with Crippen LogP contribution < -0.4 is 5.32 Å². The number of nitrogens with one attached hydrogen (secondary N) is 1. The summed E-state index contributed by atoms with van der Waals surface area (Å²) in [6.45, 7) is 6.47. The van der Waals surface area contributed by atoms with Crippen molar-refractivity contribution in [1.29, 1.82) is 0 Å². The fourth-order valence-electron chi connectivity index (χ4n) is 4.62. The summed E-state index contributed by atoms with van der Waals surface area (Å²) in [7, 11) is 2.25. The first kappa shape index (κ1) is 14.8. The Kier molecular flexibility index (Phi) is 5.00. The SMILES string of the molecule is CN1CCC(NCC2(N3CCCCC3)CCCCC2)C1. The van der Waals surface area contributed by atoms with Crippen LogP contribution in [0.1, 0.15) is 57.8 Å². The van der Waals surface area contributed by atoms with E-state index in [1.807, 2.05) is 0 Å². The number of likely N-dealkylation sites (tertiary alicyclic amines) is 2. The van der Waals surface area contributed by atoms with E-state index in [1.165, 1.54) is 90.5 Å². The Bertz CT molecular complexity index is 293. The van der Waals surface area contributed by atoms with Crippen molar-refractivity contribution in [3.8, 4) is 0 Å². The van der Waals surface area contributed by atoms with Gasteiger partial charge in [0, 0.05) is 24.7 Å². The Balaban J connectivity index is 1.59. The molecule has 1 aliphatic carbocycles. The molecule has 2 saturated heterocycles. The first-order valence-corrected chi connectivity index (χ1v) is 8.96. The van der Waals surface area contributed by atoms with Crippen LogP contribution >= 0.6 is 0 Å². The predicted octanol–water partition coefficient (Wildman–Crippen LogP) is 2.47. The van der Waals surface area contributed by atoms with E-state index in [-0.39, 0.29) is 0 Å². The first-order valence-electron chi connectivity index (χ1n) is 8.96. The molecule has 2 aliphatic heterocycles. The Hall–Kier alpha value is -0.120. The van der Waals surface area contributed by atoms with Crippen molar-refractivity contribution in [1.82, 2.24) is 15.1 Å². The summed E-state index contributed by atoms with van der Waals surface area (Å²) < 4.78 is 0. The lowest BCUT2D eigenvalue weighted by atomic mass is 9.79. The highest BCUT2D eigenvalue weighted by Gasteiger charge is 2.38. The molecule has 3 heteroatoms. The van der Waals surface area contributed by atoms with E-state index < -0.39 is 0 Å². The molecule has 0 spiro atoms. The molecule has 0 amide bonds. The molecule has 1 saturated carbocycles. The molecule has 1 atom stereocenters. The number of hydrogen-bond donors (Lipinski definition) is 1. The zero-order valence-electron chi connectivity index (χ0n) is 13.4. The van der Waals surface area contributed by atoms with Gasteiger partial charge in [-0.3, -0.25) is 4.90 Å². The van der Waals surface area contributed by atoms with E-state index in [4.69, 9.17) is 0 Å². The first-order chi connectivity index (χ1) is 9.78. The summed E-state index contributed by atoms with van der Waals surface area (Å²) in [6.07, 6.45) is 12.9. The van der Waals surface area contributed by atoms with Crippen LogP contribution in [0.25, 0.3) is 0 Å². The van der Waals surface area contributed by atoms with Gasteiger partial charge in [0.25, 0.3) is 0 Å². The molecule has 3 aliphatic rings. The average Bonchev–Trinajstić information content (AvgIpc) is 2.93. The molecule has 0 aromatic heterocycles. The van der Waals surface area contributed by atoms with Crippen molar-refractivity contribution in [2.45, 2.75) is 69.4 Å². The molecule has 2 heterocycles. The molecular weight excluding hydrogens is 246 g/mol. The van der Waals surface area contributed by atoms with Crippen LogP contribution in [0, 0.1) is 0 Å². The van der Waals surface area contributed by atoms with Gasteiger partial charge in [-0.2, -0.15) is 0 Å². The van der Waals surface area contributed by atoms with Gasteiger partial charge in [-0.25, -0.2) is 0 Å². The summed E-state index contributed by atoms with van der Waals surface area (Å²) >= 11 is 0. The van der Waals surface area contributed by atoms with Crippen LogP contribution in [-0.4, -0.2) is 61.2 Å². The molecular formula is C17H33N3. The molecule has 1 N–H and O–H groups in total. The lowest BCUT2D eigenvalue weighted by Gasteiger charge is -2.49. The zero-order valence-corrected chi connectivity index (χ0v) is 13.4. The van der Waals surface area contributed by atoms with Gasteiger partial charge in [-0.1, -0.05) is 25.7 Å². The summed E-state index contributed by atoms with van der Waals surface area (Å²) in [5.41, 5.74) is 0.500. The fourth-order valence-corrected chi connectivity index (χ4v) is 4.62. The highest BCUT2D eigenvalue weighted by molar-refractivity contribution is 4.97. The quantitative estimate of drug-likeness (QED) is 0.853. The molecule has 0 aromatic carbocycles. The zero-order chi connectivity index (χ0) is 13.8. The van der Waals surface area contributed by atoms with Crippen LogP contribution in [0.3, 0.4) is 0 Å². The molecule has 1 unspecified atom stereocenters. The van der Waals surface area contributed by atoms with E-state index in [2.05, 4.69) is 22.2 Å². The van der Waals surface area contributed by atoms with Crippen molar-refractivity contribution in [3.63, 3.8) is 0 Å². The molecule has 0 radical (unpaired) electrons. The largest absolute Gasteiger partial charge is 0.311 e. The minimum atomic E-state index is 0.500. The molecule has 0 bridgehead atoms. The van der Waals surface area contributed by atoms with Crippen molar-refractivity contribution in [2.24, 2.45) is 0 Å². The van der Waals surface area contributed by atoms with E-state index in [9.17, 15) is 0 Å². The Morgan fingerprint density at radius 3 is 2.30 bits per heavy atom. The summed E-state index contributed by atoms with van der Waals surface area (Å²) in [4.78, 5) is 5.33. The minimum absolute atomic E-state index is 0.500. The average molecular weight is 279 g/mol. The number of nitrogens with zero attached hydrogens (tertiary/aromatic N) is 2. The van der Waals surface area contributed by atoms with Crippen LogP contribution in [0.15, 0.2) is 0 Å². The minimum Gasteiger partial charge on any atom is -0.311 e. The Morgan fingerprint density at radius 1 is 0.950 bits per heavy atom. The third-order valence-electron chi connectivity index (χ3n) is 5.92. The third kappa shape index (κ3) is 3.37. The second kappa shape index (κ2) is 6.76. The molecule has 3 fully saturated rings. The number of rotatable bonds is 4. The van der Waals surface area contributed by atoms with Crippen LogP contribution in [-0.2, 0) is 0 Å². The van der Waals surface area contributed by atoms with E-state index >= 15 is 0 Å². The Labute approximate surface area is 125 Å². The van der Waals surface area contributed by atoms with Crippen LogP contribution in [0.2, 0.25) is 0 Å². The van der Waals surface area contributed by atoms with E-state index in [0.717, 1.165) is 6.04 Å². The topological polar surface area (TPSA) is 18.5 Å². The maximum absolute atomic E-state index is 3.94. The van der Waals surface area contributed by atoms with E-state index in [1.54, 1.807) is 0 Å². The highest BCUT2D eigenvalue weighted by Crippen LogP contribution is 2.35. The standard InChI is InChI=1S/C17H33N3/c1-19-13-8-16(14-19)18-15-17(9-4-2-5-10-17)20-11-6-3-7-12-20/h16,18H,2-15H2,1H3. The van der Waals surface area contributed by atoms with Crippen molar-refractivity contribution in [2.75, 3.05) is 39.8 Å².